The highest BCUT2D eigenvalue weighted by Crippen LogP contribution is 2.25. The van der Waals surface area contributed by atoms with Gasteiger partial charge in [-0.25, -0.2) is 4.98 Å². The zero-order chi connectivity index (χ0) is 13.8. The minimum absolute atomic E-state index is 0.344. The molecule has 1 aliphatic rings. The molecule has 1 aromatic heterocycles. The molecule has 0 bridgehead atoms. The minimum Gasteiger partial charge on any atom is -0.368 e. The largest absolute Gasteiger partial charge is 0.368 e. The average Bonchev–Trinajstić information content (AvgIpc) is 2.41. The Bertz CT molecular complexity index is 574. The summed E-state index contributed by atoms with van der Waals surface area (Å²) in [5.41, 5.74) is 6.73. The number of hydrogen-bond donors (Lipinski definition) is 2. The number of nitrogens with zero attached hydrogens (tertiary/aromatic N) is 2. The van der Waals surface area contributed by atoms with Crippen molar-refractivity contribution in [3.8, 4) is 0 Å². The molecule has 3 rings (SSSR count). The van der Waals surface area contributed by atoms with Crippen molar-refractivity contribution in [2.45, 2.75) is 51.0 Å². The van der Waals surface area contributed by atoms with Gasteiger partial charge in [-0.05, 0) is 25.0 Å². The Morgan fingerprint density at radius 1 is 0.950 bits per heavy atom. The number of nitrogens with two attached hydrogens (primary N) is 1. The molecule has 0 saturated heterocycles. The first kappa shape index (κ1) is 13.2. The molecule has 0 spiro atoms. The number of benzene rings is 1. The van der Waals surface area contributed by atoms with Crippen LogP contribution < -0.4 is 11.1 Å². The van der Waals surface area contributed by atoms with E-state index in [0.717, 1.165) is 16.7 Å². The molecule has 1 aromatic carbocycles. The lowest BCUT2D eigenvalue weighted by molar-refractivity contribution is 0.471. The lowest BCUT2D eigenvalue weighted by Crippen LogP contribution is -2.21. The number of anilines is 2. The summed E-state index contributed by atoms with van der Waals surface area (Å²) in [4.78, 5) is 8.69. The predicted molar refractivity (Wildman–Crippen MR) is 83.7 cm³/mol. The highest BCUT2D eigenvalue weighted by atomic mass is 15.1. The molecule has 1 saturated carbocycles. The molecule has 4 nitrogen and oxygen atoms in total. The second kappa shape index (κ2) is 6.07. The number of hydrogen-bond acceptors (Lipinski definition) is 4. The summed E-state index contributed by atoms with van der Waals surface area (Å²) in [6, 6.07) is 8.55. The van der Waals surface area contributed by atoms with E-state index in [1.807, 2.05) is 18.2 Å². The monoisotopic (exact) mass is 270 g/mol. The van der Waals surface area contributed by atoms with Crippen LogP contribution in [0.15, 0.2) is 24.3 Å². The van der Waals surface area contributed by atoms with E-state index < -0.39 is 0 Å². The zero-order valence-corrected chi connectivity index (χ0v) is 11.8. The Hall–Kier alpha value is -1.84. The molecular formula is C16H22N4. The molecule has 4 heteroatoms. The van der Waals surface area contributed by atoms with Crippen molar-refractivity contribution < 1.29 is 0 Å². The van der Waals surface area contributed by atoms with Gasteiger partial charge in [-0.3, -0.25) is 0 Å². The zero-order valence-electron chi connectivity index (χ0n) is 11.8. The SMILES string of the molecule is Nc1nc(NC2CCCCCCC2)c2ccccc2n1. The smallest absolute Gasteiger partial charge is 0.222 e. The van der Waals surface area contributed by atoms with E-state index in [9.17, 15) is 0 Å². The second-order valence-corrected chi connectivity index (χ2v) is 5.63. The highest BCUT2D eigenvalue weighted by molar-refractivity contribution is 5.89. The van der Waals surface area contributed by atoms with Crippen molar-refractivity contribution >= 4 is 22.7 Å². The molecule has 0 amide bonds. The number of aromatic nitrogens is 2. The summed E-state index contributed by atoms with van der Waals surface area (Å²) in [6.45, 7) is 0. The topological polar surface area (TPSA) is 63.8 Å². The number of nitrogen functional groups attached to an aromatic ring is 1. The van der Waals surface area contributed by atoms with Gasteiger partial charge in [-0.1, -0.05) is 44.2 Å². The van der Waals surface area contributed by atoms with E-state index >= 15 is 0 Å². The normalized spacial score (nSPS) is 17.6. The molecule has 0 radical (unpaired) electrons. The maximum atomic E-state index is 5.82. The van der Waals surface area contributed by atoms with Crippen LogP contribution in [-0.4, -0.2) is 16.0 Å². The van der Waals surface area contributed by atoms with Gasteiger partial charge in [0, 0.05) is 11.4 Å². The van der Waals surface area contributed by atoms with E-state index in [-0.39, 0.29) is 0 Å². The molecule has 1 aliphatic carbocycles. The summed E-state index contributed by atoms with van der Waals surface area (Å²) >= 11 is 0. The summed E-state index contributed by atoms with van der Waals surface area (Å²) in [5, 5.41) is 4.66. The van der Waals surface area contributed by atoms with Gasteiger partial charge in [0.1, 0.15) is 5.82 Å². The molecule has 0 unspecified atom stereocenters. The van der Waals surface area contributed by atoms with Crippen molar-refractivity contribution in [3.05, 3.63) is 24.3 Å². The maximum Gasteiger partial charge on any atom is 0.222 e. The third kappa shape index (κ3) is 3.00. The fraction of sp³-hybridized carbons (Fsp3) is 0.500. The van der Waals surface area contributed by atoms with Crippen LogP contribution in [-0.2, 0) is 0 Å². The van der Waals surface area contributed by atoms with Gasteiger partial charge in [0.25, 0.3) is 0 Å². The standard InChI is InChI=1S/C16H22N4/c17-16-19-14-11-7-6-10-13(14)15(20-16)18-12-8-4-2-1-3-5-9-12/h6-7,10-12H,1-5,8-9H2,(H3,17,18,19,20). The van der Waals surface area contributed by atoms with E-state index in [1.165, 1.54) is 44.9 Å². The van der Waals surface area contributed by atoms with Crippen LogP contribution in [0, 0.1) is 0 Å². The molecular weight excluding hydrogens is 248 g/mol. The van der Waals surface area contributed by atoms with E-state index in [1.54, 1.807) is 0 Å². The molecule has 2 aromatic rings. The van der Waals surface area contributed by atoms with Gasteiger partial charge in [0.05, 0.1) is 5.52 Å². The van der Waals surface area contributed by atoms with Gasteiger partial charge in [-0.2, -0.15) is 4.98 Å². The number of rotatable bonds is 2. The molecule has 1 heterocycles. The summed E-state index contributed by atoms with van der Waals surface area (Å²) in [5.74, 6) is 1.23. The third-order valence-electron chi connectivity index (χ3n) is 4.07. The first-order valence-corrected chi connectivity index (χ1v) is 7.62. The fourth-order valence-electron chi connectivity index (χ4n) is 3.00. The number of para-hydroxylation sites is 1. The van der Waals surface area contributed by atoms with Gasteiger partial charge in [0.2, 0.25) is 5.95 Å². The van der Waals surface area contributed by atoms with Crippen LogP contribution >= 0.6 is 0 Å². The summed E-state index contributed by atoms with van der Waals surface area (Å²) < 4.78 is 0. The van der Waals surface area contributed by atoms with Gasteiger partial charge in [-0.15, -0.1) is 0 Å². The maximum absolute atomic E-state index is 5.82. The Morgan fingerprint density at radius 2 is 1.65 bits per heavy atom. The molecule has 1 fully saturated rings. The fourth-order valence-corrected chi connectivity index (χ4v) is 3.00. The Balaban J connectivity index is 1.85. The van der Waals surface area contributed by atoms with Crippen molar-refractivity contribution in [3.63, 3.8) is 0 Å². The number of fused-ring (bicyclic) bond motifs is 1. The van der Waals surface area contributed by atoms with Crippen LogP contribution in [0.3, 0.4) is 0 Å². The first-order valence-electron chi connectivity index (χ1n) is 7.62. The predicted octanol–water partition coefficient (Wildman–Crippen LogP) is 3.74. The number of nitrogens with one attached hydrogen (secondary N) is 1. The second-order valence-electron chi connectivity index (χ2n) is 5.63. The average molecular weight is 270 g/mol. The molecule has 0 atom stereocenters. The molecule has 0 aliphatic heterocycles. The van der Waals surface area contributed by atoms with Crippen molar-refractivity contribution in [2.75, 3.05) is 11.1 Å². The van der Waals surface area contributed by atoms with E-state index in [4.69, 9.17) is 5.73 Å². The Morgan fingerprint density at radius 3 is 2.45 bits per heavy atom. The minimum atomic E-state index is 0.344. The van der Waals surface area contributed by atoms with Crippen molar-refractivity contribution in [1.29, 1.82) is 0 Å². The summed E-state index contributed by atoms with van der Waals surface area (Å²) in [7, 11) is 0. The first-order chi connectivity index (χ1) is 9.83. The molecule has 106 valence electrons. The van der Waals surface area contributed by atoms with Gasteiger partial charge >= 0.3 is 0 Å². The Labute approximate surface area is 119 Å². The van der Waals surface area contributed by atoms with Crippen molar-refractivity contribution in [1.82, 2.24) is 9.97 Å². The van der Waals surface area contributed by atoms with Crippen LogP contribution in [0.1, 0.15) is 44.9 Å². The van der Waals surface area contributed by atoms with E-state index in [2.05, 4.69) is 21.4 Å². The van der Waals surface area contributed by atoms with Crippen LogP contribution in [0.25, 0.3) is 10.9 Å². The van der Waals surface area contributed by atoms with E-state index in [0.29, 0.717) is 12.0 Å². The Kier molecular flexibility index (Phi) is 4.00. The molecule has 3 N–H and O–H groups in total. The lowest BCUT2D eigenvalue weighted by Gasteiger charge is -2.22. The van der Waals surface area contributed by atoms with Crippen LogP contribution in [0.2, 0.25) is 0 Å². The summed E-state index contributed by atoms with van der Waals surface area (Å²) in [6.07, 6.45) is 9.13. The lowest BCUT2D eigenvalue weighted by atomic mass is 9.96. The van der Waals surface area contributed by atoms with Crippen LogP contribution in [0.4, 0.5) is 11.8 Å². The molecule has 20 heavy (non-hydrogen) atoms. The third-order valence-corrected chi connectivity index (χ3v) is 4.07. The van der Waals surface area contributed by atoms with Gasteiger partial charge in [0.15, 0.2) is 0 Å². The van der Waals surface area contributed by atoms with Gasteiger partial charge < -0.3 is 11.1 Å². The van der Waals surface area contributed by atoms with Crippen molar-refractivity contribution in [2.24, 2.45) is 0 Å². The quantitative estimate of drug-likeness (QED) is 0.872. The van der Waals surface area contributed by atoms with Crippen LogP contribution in [0.5, 0.6) is 0 Å². The highest BCUT2D eigenvalue weighted by Gasteiger charge is 2.14.